The van der Waals surface area contributed by atoms with Crippen LogP contribution in [0.2, 0.25) is 0 Å². The van der Waals surface area contributed by atoms with Gasteiger partial charge in [-0.15, -0.1) is 0 Å². The van der Waals surface area contributed by atoms with Crippen molar-refractivity contribution in [2.24, 2.45) is 0 Å². The molecular formula is C45H84O10. The van der Waals surface area contributed by atoms with E-state index in [0.29, 0.717) is 6.42 Å². The highest BCUT2D eigenvalue weighted by Crippen LogP contribution is 2.23. The Morgan fingerprint density at radius 1 is 0.545 bits per heavy atom. The van der Waals surface area contributed by atoms with Crippen LogP contribution in [0.1, 0.15) is 206 Å². The summed E-state index contributed by atoms with van der Waals surface area (Å²) in [4.78, 5) is 25.3. The number of allylic oxidation sites excluding steroid dienone is 2. The Hall–Kier alpha value is -1.56. The summed E-state index contributed by atoms with van der Waals surface area (Å²) >= 11 is 0. The van der Waals surface area contributed by atoms with Crippen LogP contribution in [-0.2, 0) is 28.5 Å². The average Bonchev–Trinajstić information content (AvgIpc) is 3.18. The molecule has 6 atom stereocenters. The molecule has 1 aliphatic heterocycles. The third-order valence-corrected chi connectivity index (χ3v) is 10.7. The predicted octanol–water partition coefficient (Wildman–Crippen LogP) is 9.56. The van der Waals surface area contributed by atoms with E-state index >= 15 is 0 Å². The number of carbonyl (C=O) groups is 2. The minimum absolute atomic E-state index is 0.151. The molecule has 324 valence electrons. The third kappa shape index (κ3) is 28.5. The molecule has 2 unspecified atom stereocenters. The predicted molar refractivity (Wildman–Crippen MR) is 220 cm³/mol. The SMILES string of the molecule is CCCCCCCCCCCCC/C=C/CCC(=O)O[C@@H](COC(=O)CCCCCCCCCCCCCCCCC)CO[C@H]1O[C@@H](CO)[C@@H](O)C(O)C1O. The number of rotatable bonds is 38. The second kappa shape index (κ2) is 36.8. The zero-order chi connectivity index (χ0) is 40.2. The van der Waals surface area contributed by atoms with Gasteiger partial charge in [-0.1, -0.05) is 180 Å². The molecule has 0 aromatic heterocycles. The molecule has 0 spiro atoms. The summed E-state index contributed by atoms with van der Waals surface area (Å²) in [5.74, 6) is -0.853. The van der Waals surface area contributed by atoms with E-state index in [4.69, 9.17) is 18.9 Å². The van der Waals surface area contributed by atoms with E-state index in [0.717, 1.165) is 32.1 Å². The molecule has 1 fully saturated rings. The second-order valence-electron chi connectivity index (χ2n) is 15.9. The molecule has 0 aliphatic carbocycles. The van der Waals surface area contributed by atoms with Gasteiger partial charge < -0.3 is 39.4 Å². The number of esters is 2. The van der Waals surface area contributed by atoms with Crippen molar-refractivity contribution in [2.75, 3.05) is 19.8 Å². The summed E-state index contributed by atoms with van der Waals surface area (Å²) in [6, 6.07) is 0. The lowest BCUT2D eigenvalue weighted by Gasteiger charge is -2.39. The van der Waals surface area contributed by atoms with Crippen LogP contribution < -0.4 is 0 Å². The van der Waals surface area contributed by atoms with Crippen molar-refractivity contribution in [3.8, 4) is 0 Å². The van der Waals surface area contributed by atoms with Gasteiger partial charge in [0.25, 0.3) is 0 Å². The lowest BCUT2D eigenvalue weighted by molar-refractivity contribution is -0.305. The average molecular weight is 785 g/mol. The van der Waals surface area contributed by atoms with Gasteiger partial charge in [0.2, 0.25) is 0 Å². The summed E-state index contributed by atoms with van der Waals surface area (Å²) in [5, 5.41) is 40.0. The molecule has 0 saturated carbocycles. The lowest BCUT2D eigenvalue weighted by Crippen LogP contribution is -2.59. The zero-order valence-electron chi connectivity index (χ0n) is 35.2. The quantitative estimate of drug-likeness (QED) is 0.0271. The van der Waals surface area contributed by atoms with Crippen LogP contribution in [0.4, 0.5) is 0 Å². The van der Waals surface area contributed by atoms with Crippen molar-refractivity contribution in [1.82, 2.24) is 0 Å². The molecule has 0 amide bonds. The lowest BCUT2D eigenvalue weighted by atomic mass is 9.99. The van der Waals surface area contributed by atoms with Crippen molar-refractivity contribution in [2.45, 2.75) is 243 Å². The van der Waals surface area contributed by atoms with Gasteiger partial charge in [0.15, 0.2) is 12.4 Å². The highest BCUT2D eigenvalue weighted by molar-refractivity contribution is 5.70. The fraction of sp³-hybridized carbons (Fsp3) is 0.911. The first-order valence-corrected chi connectivity index (χ1v) is 22.8. The largest absolute Gasteiger partial charge is 0.462 e. The minimum Gasteiger partial charge on any atom is -0.462 e. The zero-order valence-corrected chi connectivity index (χ0v) is 35.2. The number of hydrogen-bond donors (Lipinski definition) is 4. The van der Waals surface area contributed by atoms with Crippen LogP contribution in [0.15, 0.2) is 12.2 Å². The first kappa shape index (κ1) is 51.5. The van der Waals surface area contributed by atoms with Crippen molar-refractivity contribution >= 4 is 11.9 Å². The summed E-state index contributed by atoms with van der Waals surface area (Å²) in [6.07, 6.45) is 30.9. The number of aliphatic hydroxyl groups excluding tert-OH is 4. The first-order valence-electron chi connectivity index (χ1n) is 22.8. The summed E-state index contributed by atoms with van der Waals surface area (Å²) in [5.41, 5.74) is 0. The highest BCUT2D eigenvalue weighted by atomic mass is 16.7. The fourth-order valence-electron chi connectivity index (χ4n) is 7.03. The number of hydrogen-bond acceptors (Lipinski definition) is 10. The van der Waals surface area contributed by atoms with Crippen LogP contribution >= 0.6 is 0 Å². The van der Waals surface area contributed by atoms with Crippen LogP contribution in [-0.4, -0.2) is 89.0 Å². The molecule has 0 aromatic rings. The monoisotopic (exact) mass is 785 g/mol. The fourth-order valence-corrected chi connectivity index (χ4v) is 7.03. The Morgan fingerprint density at radius 3 is 1.49 bits per heavy atom. The van der Waals surface area contributed by atoms with E-state index in [2.05, 4.69) is 19.9 Å². The molecule has 10 heteroatoms. The normalized spacial score (nSPS) is 20.6. The second-order valence-corrected chi connectivity index (χ2v) is 15.9. The van der Waals surface area contributed by atoms with Gasteiger partial charge in [-0.25, -0.2) is 0 Å². The van der Waals surface area contributed by atoms with Gasteiger partial charge in [0.05, 0.1) is 13.2 Å². The number of unbranched alkanes of at least 4 members (excludes halogenated alkanes) is 25. The number of carbonyl (C=O) groups excluding carboxylic acids is 2. The van der Waals surface area contributed by atoms with Crippen molar-refractivity contribution in [1.29, 1.82) is 0 Å². The van der Waals surface area contributed by atoms with Crippen LogP contribution in [0.5, 0.6) is 0 Å². The maximum absolute atomic E-state index is 12.7. The van der Waals surface area contributed by atoms with Gasteiger partial charge in [0, 0.05) is 12.8 Å². The van der Waals surface area contributed by atoms with Crippen LogP contribution in [0.3, 0.4) is 0 Å². The van der Waals surface area contributed by atoms with E-state index < -0.39 is 49.4 Å². The maximum atomic E-state index is 12.7. The van der Waals surface area contributed by atoms with Gasteiger partial charge in [-0.3, -0.25) is 9.59 Å². The van der Waals surface area contributed by atoms with E-state index in [-0.39, 0.29) is 32.0 Å². The Kier molecular flexibility index (Phi) is 34.4. The minimum atomic E-state index is -1.60. The van der Waals surface area contributed by atoms with Gasteiger partial charge in [0.1, 0.15) is 31.0 Å². The molecular weight excluding hydrogens is 700 g/mol. The van der Waals surface area contributed by atoms with Gasteiger partial charge in [-0.05, 0) is 25.7 Å². The Balaban J connectivity index is 2.33. The molecule has 1 saturated heterocycles. The summed E-state index contributed by atoms with van der Waals surface area (Å²) in [7, 11) is 0. The summed E-state index contributed by atoms with van der Waals surface area (Å²) in [6.45, 7) is 3.41. The molecule has 10 nitrogen and oxygen atoms in total. The van der Waals surface area contributed by atoms with Gasteiger partial charge >= 0.3 is 11.9 Å². The first-order chi connectivity index (χ1) is 26.8. The standard InChI is InChI=1S/C45H84O10/c1-3-5-7-9-11-13-15-17-19-21-23-25-27-29-31-33-40(47)52-36-38(37-53-45-44(51)43(50)42(49)39(35-46)55-45)54-41(48)34-32-30-28-26-24-22-20-18-16-14-12-10-8-6-4-2/h28,30,38-39,42-46,49-51H,3-27,29,31-37H2,1-2H3/b30-28+/t38-,39-,42+,43?,44?,45-/m0/s1. The number of aliphatic hydroxyl groups is 4. The number of ether oxygens (including phenoxy) is 4. The van der Waals surface area contributed by atoms with E-state index in [1.165, 1.54) is 141 Å². The Morgan fingerprint density at radius 2 is 1.00 bits per heavy atom. The van der Waals surface area contributed by atoms with E-state index in [9.17, 15) is 30.0 Å². The summed E-state index contributed by atoms with van der Waals surface area (Å²) < 4.78 is 22.1. The molecule has 0 radical (unpaired) electrons. The highest BCUT2D eigenvalue weighted by Gasteiger charge is 2.44. The Labute approximate surface area is 335 Å². The smallest absolute Gasteiger partial charge is 0.306 e. The third-order valence-electron chi connectivity index (χ3n) is 10.7. The van der Waals surface area contributed by atoms with Crippen molar-refractivity contribution < 1.29 is 49.0 Å². The Bertz CT molecular complexity index is 912. The molecule has 1 rings (SSSR count). The molecule has 1 heterocycles. The van der Waals surface area contributed by atoms with Crippen molar-refractivity contribution in [3.63, 3.8) is 0 Å². The molecule has 55 heavy (non-hydrogen) atoms. The topological polar surface area (TPSA) is 152 Å². The molecule has 0 bridgehead atoms. The molecule has 0 aromatic carbocycles. The van der Waals surface area contributed by atoms with Gasteiger partial charge in [-0.2, -0.15) is 0 Å². The van der Waals surface area contributed by atoms with Crippen LogP contribution in [0, 0.1) is 0 Å². The van der Waals surface area contributed by atoms with Crippen LogP contribution in [0.25, 0.3) is 0 Å². The van der Waals surface area contributed by atoms with E-state index in [1.54, 1.807) is 0 Å². The van der Waals surface area contributed by atoms with E-state index in [1.807, 2.05) is 6.08 Å². The molecule has 4 N–H and O–H groups in total. The maximum Gasteiger partial charge on any atom is 0.306 e. The molecule has 1 aliphatic rings. The van der Waals surface area contributed by atoms with Crippen molar-refractivity contribution in [3.05, 3.63) is 12.2 Å².